The summed E-state index contributed by atoms with van der Waals surface area (Å²) in [4.78, 5) is 14.0. The maximum Gasteiger partial charge on any atom is 0.307 e. The van der Waals surface area contributed by atoms with Gasteiger partial charge in [0.1, 0.15) is 0 Å². The first kappa shape index (κ1) is 16.1. The summed E-state index contributed by atoms with van der Waals surface area (Å²) in [5.74, 6) is -0.836. The van der Waals surface area contributed by atoms with Gasteiger partial charge in [-0.1, -0.05) is 19.3 Å². The van der Waals surface area contributed by atoms with E-state index in [-0.39, 0.29) is 11.5 Å². The SMILES string of the molecule is O=C(O)C1CCC2(CCC2)N(Cc2ccnn2C2CCCCC2)C1. The normalized spacial score (nSPS) is 27.9. The fraction of sp³-hybridized carbons (Fsp3) is 0.789. The van der Waals surface area contributed by atoms with Crippen molar-refractivity contribution < 1.29 is 9.90 Å². The summed E-state index contributed by atoms with van der Waals surface area (Å²) in [6.07, 6.45) is 14.0. The van der Waals surface area contributed by atoms with Crippen molar-refractivity contribution in [2.75, 3.05) is 6.54 Å². The molecule has 0 amide bonds. The molecule has 1 aromatic heterocycles. The van der Waals surface area contributed by atoms with E-state index >= 15 is 0 Å². The van der Waals surface area contributed by atoms with Crippen molar-refractivity contribution in [3.8, 4) is 0 Å². The highest BCUT2D eigenvalue weighted by Gasteiger charge is 2.47. The standard InChI is InChI=1S/C19H29N3O2/c23-18(24)15-7-11-19(9-4-10-19)21(13-15)14-17-8-12-20-22(17)16-5-2-1-3-6-16/h8,12,15-16H,1-7,9-11,13-14H2,(H,23,24). The number of aliphatic carboxylic acids is 1. The number of hydrogen-bond acceptors (Lipinski definition) is 3. The molecular weight excluding hydrogens is 302 g/mol. The van der Waals surface area contributed by atoms with Crippen molar-refractivity contribution in [1.82, 2.24) is 14.7 Å². The van der Waals surface area contributed by atoms with E-state index in [0.29, 0.717) is 12.6 Å². The molecule has 3 fully saturated rings. The van der Waals surface area contributed by atoms with Crippen LogP contribution in [-0.4, -0.2) is 37.8 Å². The van der Waals surface area contributed by atoms with Crippen LogP contribution in [0.15, 0.2) is 12.3 Å². The summed E-state index contributed by atoms with van der Waals surface area (Å²) in [5.41, 5.74) is 1.55. The van der Waals surface area contributed by atoms with E-state index in [9.17, 15) is 9.90 Å². The minimum Gasteiger partial charge on any atom is -0.481 e. The predicted octanol–water partition coefficient (Wildman–Crippen LogP) is 3.61. The Morgan fingerprint density at radius 3 is 2.62 bits per heavy atom. The van der Waals surface area contributed by atoms with E-state index < -0.39 is 5.97 Å². The van der Waals surface area contributed by atoms with Crippen molar-refractivity contribution in [2.45, 2.75) is 82.3 Å². The second-order valence-electron chi connectivity index (χ2n) is 8.09. The van der Waals surface area contributed by atoms with E-state index in [4.69, 9.17) is 0 Å². The van der Waals surface area contributed by atoms with Crippen LogP contribution in [0, 0.1) is 5.92 Å². The third kappa shape index (κ3) is 2.87. The number of carbonyl (C=O) groups is 1. The van der Waals surface area contributed by atoms with Crippen LogP contribution in [0.1, 0.15) is 75.9 Å². The molecule has 1 saturated heterocycles. The summed E-state index contributed by atoms with van der Waals surface area (Å²) in [7, 11) is 0. The summed E-state index contributed by atoms with van der Waals surface area (Å²) in [6, 6.07) is 2.69. The van der Waals surface area contributed by atoms with E-state index in [1.807, 2.05) is 6.20 Å². The average Bonchev–Trinajstić information content (AvgIpc) is 3.02. The van der Waals surface area contributed by atoms with E-state index in [1.54, 1.807) is 0 Å². The molecule has 0 aromatic carbocycles. The molecule has 5 heteroatoms. The topological polar surface area (TPSA) is 58.4 Å². The molecule has 0 radical (unpaired) electrons. The number of hydrogen-bond donors (Lipinski definition) is 1. The van der Waals surface area contributed by atoms with Crippen LogP contribution >= 0.6 is 0 Å². The lowest BCUT2D eigenvalue weighted by molar-refractivity contribution is -0.147. The van der Waals surface area contributed by atoms with Gasteiger partial charge in [0.2, 0.25) is 0 Å². The number of aromatic nitrogens is 2. The van der Waals surface area contributed by atoms with Gasteiger partial charge in [0.15, 0.2) is 0 Å². The molecule has 4 rings (SSSR count). The Kier molecular flexibility index (Phi) is 4.37. The lowest BCUT2D eigenvalue weighted by Gasteiger charge is -2.54. The van der Waals surface area contributed by atoms with Gasteiger partial charge >= 0.3 is 5.97 Å². The molecule has 2 heterocycles. The Morgan fingerprint density at radius 2 is 1.96 bits per heavy atom. The van der Waals surface area contributed by atoms with Crippen LogP contribution in [0.25, 0.3) is 0 Å². The third-order valence-electron chi connectivity index (χ3n) is 6.73. The molecule has 0 bridgehead atoms. The fourth-order valence-electron chi connectivity index (χ4n) is 5.05. The van der Waals surface area contributed by atoms with Crippen LogP contribution in [0.5, 0.6) is 0 Å². The Hall–Kier alpha value is -1.36. The predicted molar refractivity (Wildman–Crippen MR) is 91.7 cm³/mol. The van der Waals surface area contributed by atoms with Gasteiger partial charge in [0.05, 0.1) is 17.7 Å². The minimum atomic E-state index is -0.630. The third-order valence-corrected chi connectivity index (χ3v) is 6.73. The molecule has 1 N–H and O–H groups in total. The van der Waals surface area contributed by atoms with Gasteiger partial charge in [0.25, 0.3) is 0 Å². The van der Waals surface area contributed by atoms with Gasteiger partial charge < -0.3 is 5.11 Å². The molecule has 24 heavy (non-hydrogen) atoms. The summed E-state index contributed by atoms with van der Waals surface area (Å²) in [5, 5.41) is 14.1. The Labute approximate surface area is 144 Å². The van der Waals surface area contributed by atoms with Crippen LogP contribution in [0.3, 0.4) is 0 Å². The van der Waals surface area contributed by atoms with Crippen molar-refractivity contribution in [3.05, 3.63) is 18.0 Å². The zero-order valence-corrected chi connectivity index (χ0v) is 14.5. The number of carboxylic acids is 1. The Balaban J connectivity index is 1.52. The molecular formula is C19H29N3O2. The van der Waals surface area contributed by atoms with E-state index in [1.165, 1.54) is 57.1 Å². The highest BCUT2D eigenvalue weighted by Crippen LogP contribution is 2.46. The smallest absolute Gasteiger partial charge is 0.307 e. The largest absolute Gasteiger partial charge is 0.481 e. The first-order chi connectivity index (χ1) is 11.7. The van der Waals surface area contributed by atoms with Crippen molar-refractivity contribution in [2.24, 2.45) is 5.92 Å². The summed E-state index contributed by atoms with van der Waals surface area (Å²) < 4.78 is 2.25. The number of piperidine rings is 1. The van der Waals surface area contributed by atoms with Crippen LogP contribution in [0.2, 0.25) is 0 Å². The highest BCUT2D eigenvalue weighted by atomic mass is 16.4. The molecule has 5 nitrogen and oxygen atoms in total. The first-order valence-electron chi connectivity index (χ1n) is 9.68. The molecule has 1 aromatic rings. The second-order valence-corrected chi connectivity index (χ2v) is 8.09. The van der Waals surface area contributed by atoms with Crippen LogP contribution < -0.4 is 0 Å². The van der Waals surface area contributed by atoms with Gasteiger partial charge in [-0.2, -0.15) is 5.10 Å². The maximum absolute atomic E-state index is 11.5. The van der Waals surface area contributed by atoms with E-state index in [2.05, 4.69) is 20.7 Å². The zero-order chi connectivity index (χ0) is 16.6. The maximum atomic E-state index is 11.5. The van der Waals surface area contributed by atoms with Gasteiger partial charge in [0, 0.05) is 24.8 Å². The number of likely N-dealkylation sites (tertiary alicyclic amines) is 1. The van der Waals surface area contributed by atoms with Gasteiger partial charge in [-0.15, -0.1) is 0 Å². The van der Waals surface area contributed by atoms with Crippen molar-refractivity contribution in [1.29, 1.82) is 0 Å². The fourth-order valence-corrected chi connectivity index (χ4v) is 5.05. The zero-order valence-electron chi connectivity index (χ0n) is 14.5. The molecule has 1 aliphatic heterocycles. The first-order valence-corrected chi connectivity index (χ1v) is 9.68. The molecule has 132 valence electrons. The number of nitrogens with zero attached hydrogens (tertiary/aromatic N) is 3. The summed E-state index contributed by atoms with van der Waals surface area (Å²) in [6.45, 7) is 1.56. The quantitative estimate of drug-likeness (QED) is 0.916. The van der Waals surface area contributed by atoms with E-state index in [0.717, 1.165) is 19.4 Å². The second kappa shape index (κ2) is 6.51. The average molecular weight is 331 g/mol. The van der Waals surface area contributed by atoms with Gasteiger partial charge in [-0.05, 0) is 51.0 Å². The van der Waals surface area contributed by atoms with Crippen molar-refractivity contribution >= 4 is 5.97 Å². The highest BCUT2D eigenvalue weighted by molar-refractivity contribution is 5.70. The summed E-state index contributed by atoms with van der Waals surface area (Å²) >= 11 is 0. The monoisotopic (exact) mass is 331 g/mol. The molecule has 2 saturated carbocycles. The number of rotatable bonds is 4. The van der Waals surface area contributed by atoms with Crippen LogP contribution in [0.4, 0.5) is 0 Å². The van der Waals surface area contributed by atoms with Gasteiger partial charge in [-0.25, -0.2) is 0 Å². The minimum absolute atomic E-state index is 0.206. The van der Waals surface area contributed by atoms with Gasteiger partial charge in [-0.3, -0.25) is 14.4 Å². The molecule has 3 aliphatic rings. The molecule has 1 spiro atoms. The molecule has 1 atom stereocenters. The molecule has 1 unspecified atom stereocenters. The Bertz CT molecular complexity index is 587. The number of carboxylic acid groups (broad SMARTS) is 1. The lowest BCUT2D eigenvalue weighted by atomic mass is 9.68. The molecule has 2 aliphatic carbocycles. The lowest BCUT2D eigenvalue weighted by Crippen LogP contribution is -2.58. The van der Waals surface area contributed by atoms with Crippen LogP contribution in [-0.2, 0) is 11.3 Å². The Morgan fingerprint density at radius 1 is 1.17 bits per heavy atom. The van der Waals surface area contributed by atoms with Crippen molar-refractivity contribution in [3.63, 3.8) is 0 Å².